The Morgan fingerprint density at radius 1 is 1.41 bits per heavy atom. The molecule has 0 heterocycles. The summed E-state index contributed by atoms with van der Waals surface area (Å²) in [6.07, 6.45) is 0. The van der Waals surface area contributed by atoms with Crippen molar-refractivity contribution in [1.29, 1.82) is 0 Å². The molecule has 6 heteroatoms. The average molecular weight is 258 g/mol. The Labute approximate surface area is 103 Å². The maximum absolute atomic E-state index is 11.0. The second-order valence-electron chi connectivity index (χ2n) is 3.27. The first-order chi connectivity index (χ1) is 8.01. The summed E-state index contributed by atoms with van der Waals surface area (Å²) in [5.74, 6) is -0.216. The Kier molecular flexibility index (Phi) is 4.51. The topological polar surface area (TPSA) is 76.0 Å². The zero-order valence-electron chi connectivity index (χ0n) is 9.81. The van der Waals surface area contributed by atoms with Crippen molar-refractivity contribution in [3.8, 4) is 17.2 Å². The first kappa shape index (κ1) is 13.5. The van der Waals surface area contributed by atoms with Crippen molar-refractivity contribution in [2.45, 2.75) is 11.8 Å². The number of benzene rings is 1. The van der Waals surface area contributed by atoms with Crippen molar-refractivity contribution < 1.29 is 24.5 Å². The van der Waals surface area contributed by atoms with Crippen LogP contribution in [0.15, 0.2) is 11.0 Å². The van der Waals surface area contributed by atoms with Crippen LogP contribution in [-0.2, 0) is 9.53 Å². The van der Waals surface area contributed by atoms with E-state index in [-0.39, 0.29) is 23.0 Å². The summed E-state index contributed by atoms with van der Waals surface area (Å²) in [4.78, 5) is 11.4. The van der Waals surface area contributed by atoms with E-state index >= 15 is 0 Å². The smallest absolute Gasteiger partial charge is 0.315 e. The zero-order valence-corrected chi connectivity index (χ0v) is 10.6. The van der Waals surface area contributed by atoms with Crippen molar-refractivity contribution >= 4 is 17.7 Å². The van der Waals surface area contributed by atoms with Crippen molar-refractivity contribution in [3.63, 3.8) is 0 Å². The Morgan fingerprint density at radius 3 is 2.59 bits per heavy atom. The van der Waals surface area contributed by atoms with Crippen LogP contribution in [0.1, 0.15) is 5.56 Å². The third kappa shape index (κ3) is 2.97. The summed E-state index contributed by atoms with van der Waals surface area (Å²) in [6.45, 7) is 1.64. The minimum atomic E-state index is -0.399. The number of phenolic OH excluding ortho intramolecular Hbond substituents is 2. The van der Waals surface area contributed by atoms with Gasteiger partial charge in [0.05, 0.1) is 24.9 Å². The van der Waals surface area contributed by atoms with Crippen LogP contribution < -0.4 is 4.74 Å². The summed E-state index contributed by atoms with van der Waals surface area (Å²) in [7, 11) is 2.69. The standard InChI is InChI=1S/C11H14O5S/c1-6-10(14)8(15-2)4-7(12)11(6)17-5-9(13)16-3/h4,12,14H,5H2,1-3H3. The quantitative estimate of drug-likeness (QED) is 0.486. The van der Waals surface area contributed by atoms with E-state index in [0.717, 1.165) is 11.8 Å². The predicted octanol–water partition coefficient (Wildman–Crippen LogP) is 1.68. The number of carbonyl (C=O) groups is 1. The maximum Gasteiger partial charge on any atom is 0.315 e. The molecular formula is C11H14O5S. The second kappa shape index (κ2) is 5.67. The van der Waals surface area contributed by atoms with Gasteiger partial charge in [-0.3, -0.25) is 4.79 Å². The van der Waals surface area contributed by atoms with Gasteiger partial charge >= 0.3 is 5.97 Å². The van der Waals surface area contributed by atoms with Gasteiger partial charge in [-0.25, -0.2) is 0 Å². The number of phenols is 2. The number of aromatic hydroxyl groups is 2. The molecule has 0 aromatic heterocycles. The average Bonchev–Trinajstić information content (AvgIpc) is 2.33. The lowest BCUT2D eigenvalue weighted by atomic mass is 10.2. The molecular weight excluding hydrogens is 244 g/mol. The Morgan fingerprint density at radius 2 is 2.06 bits per heavy atom. The molecule has 1 aromatic carbocycles. The number of carbonyl (C=O) groups excluding carboxylic acids is 1. The van der Waals surface area contributed by atoms with E-state index in [1.165, 1.54) is 20.3 Å². The van der Waals surface area contributed by atoms with Crippen LogP contribution in [-0.4, -0.2) is 36.2 Å². The summed E-state index contributed by atoms with van der Waals surface area (Å²) in [5, 5.41) is 19.5. The van der Waals surface area contributed by atoms with Crippen LogP contribution in [0.3, 0.4) is 0 Å². The highest BCUT2D eigenvalue weighted by Crippen LogP contribution is 2.42. The highest BCUT2D eigenvalue weighted by Gasteiger charge is 2.16. The molecule has 0 aliphatic heterocycles. The van der Waals surface area contributed by atoms with Crippen LogP contribution >= 0.6 is 11.8 Å². The lowest BCUT2D eigenvalue weighted by molar-refractivity contribution is -0.137. The molecule has 1 aromatic rings. The van der Waals surface area contributed by atoms with Crippen LogP contribution in [0, 0.1) is 6.92 Å². The second-order valence-corrected chi connectivity index (χ2v) is 4.25. The number of hydrogen-bond donors (Lipinski definition) is 2. The molecule has 0 saturated heterocycles. The van der Waals surface area contributed by atoms with Gasteiger partial charge in [0.1, 0.15) is 5.75 Å². The normalized spacial score (nSPS) is 10.1. The van der Waals surface area contributed by atoms with E-state index in [1.54, 1.807) is 6.92 Å². The first-order valence-corrected chi connectivity index (χ1v) is 5.79. The summed E-state index contributed by atoms with van der Waals surface area (Å²) < 4.78 is 9.40. The molecule has 17 heavy (non-hydrogen) atoms. The van der Waals surface area contributed by atoms with Crippen molar-refractivity contribution in [2.24, 2.45) is 0 Å². The Bertz CT molecular complexity index is 430. The fraction of sp³-hybridized carbons (Fsp3) is 0.364. The molecule has 0 spiro atoms. The number of hydrogen-bond acceptors (Lipinski definition) is 6. The highest BCUT2D eigenvalue weighted by atomic mass is 32.2. The van der Waals surface area contributed by atoms with Crippen LogP contribution in [0.25, 0.3) is 0 Å². The van der Waals surface area contributed by atoms with Crippen LogP contribution in [0.5, 0.6) is 17.2 Å². The minimum absolute atomic E-state index is 0.0361. The summed E-state index contributed by atoms with van der Waals surface area (Å²) in [6, 6.07) is 1.31. The molecule has 0 aliphatic rings. The molecule has 0 amide bonds. The molecule has 0 fully saturated rings. The Balaban J connectivity index is 3.00. The van der Waals surface area contributed by atoms with Gasteiger partial charge in [0.15, 0.2) is 11.5 Å². The number of methoxy groups -OCH3 is 2. The summed E-state index contributed by atoms with van der Waals surface area (Å²) in [5.41, 5.74) is 0.468. The van der Waals surface area contributed by atoms with Gasteiger partial charge in [-0.15, -0.1) is 11.8 Å². The third-order valence-electron chi connectivity index (χ3n) is 2.21. The molecule has 0 unspecified atom stereocenters. The third-order valence-corrected chi connectivity index (χ3v) is 3.40. The first-order valence-electron chi connectivity index (χ1n) is 4.80. The van der Waals surface area contributed by atoms with Gasteiger partial charge in [-0.05, 0) is 6.92 Å². The molecule has 5 nitrogen and oxygen atoms in total. The van der Waals surface area contributed by atoms with Gasteiger partial charge in [-0.1, -0.05) is 0 Å². The summed E-state index contributed by atoms with van der Waals surface area (Å²) >= 11 is 1.10. The van der Waals surface area contributed by atoms with E-state index in [4.69, 9.17) is 4.74 Å². The molecule has 1 rings (SSSR count). The number of rotatable bonds is 4. The van der Waals surface area contributed by atoms with Crippen LogP contribution in [0.2, 0.25) is 0 Å². The molecule has 0 aliphatic carbocycles. The van der Waals surface area contributed by atoms with Gasteiger partial charge in [0.2, 0.25) is 0 Å². The molecule has 0 atom stereocenters. The Hall–Kier alpha value is -1.56. The van der Waals surface area contributed by atoms with Crippen molar-refractivity contribution in [3.05, 3.63) is 11.6 Å². The fourth-order valence-corrected chi connectivity index (χ4v) is 2.17. The lowest BCUT2D eigenvalue weighted by Crippen LogP contribution is -2.03. The van der Waals surface area contributed by atoms with E-state index in [0.29, 0.717) is 10.5 Å². The number of esters is 1. The lowest BCUT2D eigenvalue weighted by Gasteiger charge is -2.12. The van der Waals surface area contributed by atoms with E-state index in [9.17, 15) is 15.0 Å². The molecule has 2 N–H and O–H groups in total. The predicted molar refractivity (Wildman–Crippen MR) is 63.8 cm³/mol. The van der Waals surface area contributed by atoms with Gasteiger partial charge in [-0.2, -0.15) is 0 Å². The highest BCUT2D eigenvalue weighted by molar-refractivity contribution is 8.00. The van der Waals surface area contributed by atoms with Gasteiger partial charge in [0.25, 0.3) is 0 Å². The number of ether oxygens (including phenoxy) is 2. The molecule has 0 bridgehead atoms. The molecule has 0 saturated carbocycles. The monoisotopic (exact) mass is 258 g/mol. The molecule has 0 radical (unpaired) electrons. The maximum atomic E-state index is 11.0. The number of thioether (sulfide) groups is 1. The van der Waals surface area contributed by atoms with Crippen LogP contribution in [0.4, 0.5) is 0 Å². The fourth-order valence-electron chi connectivity index (χ4n) is 1.27. The van der Waals surface area contributed by atoms with Gasteiger partial charge < -0.3 is 19.7 Å². The van der Waals surface area contributed by atoms with E-state index < -0.39 is 5.97 Å². The van der Waals surface area contributed by atoms with Crippen molar-refractivity contribution in [2.75, 3.05) is 20.0 Å². The van der Waals surface area contributed by atoms with Gasteiger partial charge in [0, 0.05) is 11.6 Å². The zero-order chi connectivity index (χ0) is 13.0. The minimum Gasteiger partial charge on any atom is -0.507 e. The molecule has 94 valence electrons. The largest absolute Gasteiger partial charge is 0.507 e. The van der Waals surface area contributed by atoms with E-state index in [2.05, 4.69) is 4.74 Å². The van der Waals surface area contributed by atoms with E-state index in [1.807, 2.05) is 0 Å². The SMILES string of the molecule is COC(=O)CSc1c(O)cc(OC)c(O)c1C. The van der Waals surface area contributed by atoms with Crippen molar-refractivity contribution in [1.82, 2.24) is 0 Å².